The molecule has 1 fully saturated rings. The molecule has 1 aromatic carbocycles. The van der Waals surface area contributed by atoms with Crippen LogP contribution in [0.15, 0.2) is 36.7 Å². The molecule has 128 valence electrons. The number of carbonyl (C=O) groups excluding carboxylic acids is 1. The van der Waals surface area contributed by atoms with Crippen LogP contribution >= 0.6 is 0 Å². The van der Waals surface area contributed by atoms with E-state index in [9.17, 15) is 9.18 Å². The predicted octanol–water partition coefficient (Wildman–Crippen LogP) is 3.25. The quantitative estimate of drug-likeness (QED) is 0.884. The van der Waals surface area contributed by atoms with Crippen molar-refractivity contribution in [3.63, 3.8) is 0 Å². The predicted molar refractivity (Wildman–Crippen MR) is 91.3 cm³/mol. The molecule has 5 nitrogen and oxygen atoms in total. The van der Waals surface area contributed by atoms with E-state index in [4.69, 9.17) is 5.73 Å². The standard InChI is InChI=1S/C18H23FN4O/c19-15-11-14(5-6-16(15)23-10-4-9-21-23)22-17(24)12-18(13-20)7-2-1-3-8-18/h4-6,9-11H,1-3,7-8,12-13,20H2,(H,22,24). The first-order valence-corrected chi connectivity index (χ1v) is 8.41. The molecule has 0 aliphatic heterocycles. The maximum atomic E-state index is 14.2. The van der Waals surface area contributed by atoms with Gasteiger partial charge < -0.3 is 11.1 Å². The number of nitrogens with zero attached hydrogens (tertiary/aromatic N) is 2. The normalized spacial score (nSPS) is 16.8. The highest BCUT2D eigenvalue weighted by Crippen LogP contribution is 2.38. The molecule has 0 saturated heterocycles. The van der Waals surface area contributed by atoms with Crippen molar-refractivity contribution in [2.24, 2.45) is 11.1 Å². The molecule has 1 amide bonds. The molecule has 0 radical (unpaired) electrons. The third-order valence-corrected chi connectivity index (χ3v) is 4.87. The second kappa shape index (κ2) is 7.13. The minimum absolute atomic E-state index is 0.101. The second-order valence-electron chi connectivity index (χ2n) is 6.61. The van der Waals surface area contributed by atoms with Gasteiger partial charge >= 0.3 is 0 Å². The van der Waals surface area contributed by atoms with Crippen LogP contribution in [0.3, 0.4) is 0 Å². The summed E-state index contributed by atoms with van der Waals surface area (Å²) in [7, 11) is 0. The molecule has 3 N–H and O–H groups in total. The van der Waals surface area contributed by atoms with E-state index < -0.39 is 5.82 Å². The van der Waals surface area contributed by atoms with Gasteiger partial charge in [0.05, 0.1) is 0 Å². The van der Waals surface area contributed by atoms with Gasteiger partial charge in [-0.3, -0.25) is 4.79 Å². The van der Waals surface area contributed by atoms with E-state index in [1.165, 1.54) is 17.2 Å². The molecule has 24 heavy (non-hydrogen) atoms. The third kappa shape index (κ3) is 3.64. The number of amides is 1. The Balaban J connectivity index is 1.67. The van der Waals surface area contributed by atoms with E-state index in [0.29, 0.717) is 24.3 Å². The van der Waals surface area contributed by atoms with Gasteiger partial charge in [-0.1, -0.05) is 19.3 Å². The van der Waals surface area contributed by atoms with Crippen molar-refractivity contribution < 1.29 is 9.18 Å². The minimum Gasteiger partial charge on any atom is -0.330 e. The van der Waals surface area contributed by atoms with Crippen molar-refractivity contribution in [3.8, 4) is 5.69 Å². The van der Waals surface area contributed by atoms with Crippen LogP contribution in [0.1, 0.15) is 38.5 Å². The number of carbonyl (C=O) groups is 1. The van der Waals surface area contributed by atoms with Gasteiger partial charge in [-0.25, -0.2) is 9.07 Å². The minimum atomic E-state index is -0.428. The summed E-state index contributed by atoms with van der Waals surface area (Å²) >= 11 is 0. The highest BCUT2D eigenvalue weighted by atomic mass is 19.1. The smallest absolute Gasteiger partial charge is 0.224 e. The topological polar surface area (TPSA) is 72.9 Å². The van der Waals surface area contributed by atoms with Crippen molar-refractivity contribution in [2.75, 3.05) is 11.9 Å². The SMILES string of the molecule is NCC1(CC(=O)Nc2ccc(-n3cccn3)c(F)c2)CCCCC1. The van der Waals surface area contributed by atoms with Gasteiger partial charge in [-0.05, 0) is 49.1 Å². The van der Waals surface area contributed by atoms with Crippen LogP contribution in [0.2, 0.25) is 0 Å². The van der Waals surface area contributed by atoms with Crippen LogP contribution in [0, 0.1) is 11.2 Å². The molecule has 0 atom stereocenters. The van der Waals surface area contributed by atoms with Crippen molar-refractivity contribution in [1.29, 1.82) is 0 Å². The Hall–Kier alpha value is -2.21. The lowest BCUT2D eigenvalue weighted by molar-refractivity contribution is -0.118. The zero-order valence-electron chi connectivity index (χ0n) is 13.7. The van der Waals surface area contributed by atoms with E-state index >= 15 is 0 Å². The summed E-state index contributed by atoms with van der Waals surface area (Å²) < 4.78 is 15.7. The largest absolute Gasteiger partial charge is 0.330 e. The molecular weight excluding hydrogens is 307 g/mol. The van der Waals surface area contributed by atoms with E-state index in [1.54, 1.807) is 30.6 Å². The first-order chi connectivity index (χ1) is 11.6. The lowest BCUT2D eigenvalue weighted by atomic mass is 9.71. The van der Waals surface area contributed by atoms with Crippen LogP contribution in [0.5, 0.6) is 0 Å². The fourth-order valence-electron chi connectivity index (χ4n) is 3.48. The number of nitrogens with two attached hydrogens (primary N) is 1. The molecule has 1 aliphatic rings. The fraction of sp³-hybridized carbons (Fsp3) is 0.444. The average molecular weight is 330 g/mol. The number of rotatable bonds is 5. The van der Waals surface area contributed by atoms with E-state index in [-0.39, 0.29) is 11.3 Å². The maximum Gasteiger partial charge on any atom is 0.224 e. The van der Waals surface area contributed by atoms with Gasteiger partial charge in [0.15, 0.2) is 5.82 Å². The Morgan fingerprint density at radius 2 is 2.12 bits per heavy atom. The maximum absolute atomic E-state index is 14.2. The molecule has 1 heterocycles. The summed E-state index contributed by atoms with van der Waals surface area (Å²) in [6.07, 6.45) is 9.09. The van der Waals surface area contributed by atoms with E-state index in [0.717, 1.165) is 25.7 Å². The molecule has 0 spiro atoms. The van der Waals surface area contributed by atoms with E-state index in [2.05, 4.69) is 10.4 Å². The van der Waals surface area contributed by atoms with Gasteiger partial charge in [0.1, 0.15) is 5.69 Å². The fourth-order valence-corrected chi connectivity index (χ4v) is 3.48. The summed E-state index contributed by atoms with van der Waals surface area (Å²) in [5.41, 5.74) is 6.63. The van der Waals surface area contributed by atoms with Crippen LogP contribution < -0.4 is 11.1 Å². The molecular formula is C18H23FN4O. The van der Waals surface area contributed by atoms with Gasteiger partial charge in [-0.2, -0.15) is 5.10 Å². The number of nitrogens with one attached hydrogen (secondary N) is 1. The Bertz CT molecular complexity index is 693. The van der Waals surface area contributed by atoms with Crippen molar-refractivity contribution in [1.82, 2.24) is 9.78 Å². The first-order valence-electron chi connectivity index (χ1n) is 8.41. The number of hydrogen-bond acceptors (Lipinski definition) is 3. The Kier molecular flexibility index (Phi) is 4.94. The molecule has 3 rings (SSSR count). The van der Waals surface area contributed by atoms with Gasteiger partial charge in [0.2, 0.25) is 5.91 Å². The molecule has 1 saturated carbocycles. The van der Waals surface area contributed by atoms with Crippen LogP contribution in [0.4, 0.5) is 10.1 Å². The van der Waals surface area contributed by atoms with Crippen molar-refractivity contribution in [3.05, 3.63) is 42.5 Å². The number of benzene rings is 1. The molecule has 6 heteroatoms. The zero-order chi connectivity index (χ0) is 17.0. The summed E-state index contributed by atoms with van der Waals surface area (Å²) in [5, 5.41) is 6.81. The number of halogens is 1. The van der Waals surface area contributed by atoms with E-state index in [1.807, 2.05) is 0 Å². The van der Waals surface area contributed by atoms with Crippen LogP contribution in [-0.4, -0.2) is 22.2 Å². The first kappa shape index (κ1) is 16.6. The Morgan fingerprint density at radius 3 is 2.75 bits per heavy atom. The Labute approximate surface area is 141 Å². The molecule has 1 aromatic heterocycles. The third-order valence-electron chi connectivity index (χ3n) is 4.87. The van der Waals surface area contributed by atoms with Crippen molar-refractivity contribution in [2.45, 2.75) is 38.5 Å². The second-order valence-corrected chi connectivity index (χ2v) is 6.61. The number of anilines is 1. The molecule has 0 bridgehead atoms. The number of aromatic nitrogens is 2. The molecule has 0 unspecified atom stereocenters. The highest BCUT2D eigenvalue weighted by Gasteiger charge is 2.32. The highest BCUT2D eigenvalue weighted by molar-refractivity contribution is 5.91. The summed E-state index contributed by atoms with van der Waals surface area (Å²) in [6, 6.07) is 6.35. The summed E-state index contributed by atoms with van der Waals surface area (Å²) in [5.74, 6) is -0.531. The number of hydrogen-bond donors (Lipinski definition) is 2. The lowest BCUT2D eigenvalue weighted by Gasteiger charge is -2.35. The monoisotopic (exact) mass is 330 g/mol. The molecule has 1 aliphatic carbocycles. The van der Waals surface area contributed by atoms with Gasteiger partial charge in [0.25, 0.3) is 0 Å². The van der Waals surface area contributed by atoms with Gasteiger partial charge in [0, 0.05) is 24.5 Å². The molecule has 2 aromatic rings. The average Bonchev–Trinajstić information content (AvgIpc) is 3.10. The summed E-state index contributed by atoms with van der Waals surface area (Å²) in [6.45, 7) is 0.521. The summed E-state index contributed by atoms with van der Waals surface area (Å²) in [4.78, 5) is 12.4. The van der Waals surface area contributed by atoms with Crippen LogP contribution in [0.25, 0.3) is 5.69 Å². The van der Waals surface area contributed by atoms with Crippen LogP contribution in [-0.2, 0) is 4.79 Å². The lowest BCUT2D eigenvalue weighted by Crippen LogP contribution is -2.36. The van der Waals surface area contributed by atoms with Crippen molar-refractivity contribution >= 4 is 11.6 Å². The Morgan fingerprint density at radius 1 is 1.33 bits per heavy atom. The van der Waals surface area contributed by atoms with Gasteiger partial charge in [-0.15, -0.1) is 0 Å². The zero-order valence-corrected chi connectivity index (χ0v) is 13.7.